The Bertz CT molecular complexity index is 175. The lowest BCUT2D eigenvalue weighted by atomic mass is 10.1. The van der Waals surface area contributed by atoms with E-state index in [1.807, 2.05) is 11.8 Å². The topological polar surface area (TPSA) is 0 Å². The molecule has 0 bridgehead atoms. The predicted octanol–water partition coefficient (Wildman–Crippen LogP) is 3.22. The lowest BCUT2D eigenvalue weighted by Crippen LogP contribution is -1.86. The molecule has 1 heteroatoms. The van der Waals surface area contributed by atoms with E-state index in [4.69, 9.17) is 0 Å². The summed E-state index contributed by atoms with van der Waals surface area (Å²) in [5.74, 6) is 0.699. The van der Waals surface area contributed by atoms with Gasteiger partial charge in [-0.15, -0.1) is 11.8 Å². The van der Waals surface area contributed by atoms with E-state index in [0.717, 1.165) is 6.42 Å². The Morgan fingerprint density at radius 2 is 2.20 bits per heavy atom. The molecule has 0 radical (unpaired) electrons. The Labute approximate surface area is 67.4 Å². The Hall–Kier alpha value is -0.170. The van der Waals surface area contributed by atoms with Crippen LogP contribution in [0.2, 0.25) is 0 Å². The number of rotatable bonds is 2. The van der Waals surface area contributed by atoms with Crippen molar-refractivity contribution < 1.29 is 0 Å². The van der Waals surface area contributed by atoms with Gasteiger partial charge >= 0.3 is 0 Å². The standard InChI is InChI=1S/C9H14S/c1-7(2)8-4-5-9(6-8)10-3/h4,6-7H,5H2,1-3H3. The minimum Gasteiger partial charge on any atom is -0.134 e. The van der Waals surface area contributed by atoms with Gasteiger partial charge in [0.2, 0.25) is 0 Å². The third-order valence-corrected chi connectivity index (χ3v) is 2.60. The largest absolute Gasteiger partial charge is 0.134 e. The molecule has 0 amide bonds. The maximum absolute atomic E-state index is 2.33. The van der Waals surface area contributed by atoms with E-state index in [1.165, 1.54) is 10.5 Å². The Morgan fingerprint density at radius 1 is 1.50 bits per heavy atom. The van der Waals surface area contributed by atoms with Crippen LogP contribution in [0, 0.1) is 5.92 Å². The van der Waals surface area contributed by atoms with Crippen molar-refractivity contribution in [3.05, 3.63) is 22.6 Å². The molecule has 0 heterocycles. The molecule has 0 aromatic carbocycles. The highest BCUT2D eigenvalue weighted by atomic mass is 32.2. The highest BCUT2D eigenvalue weighted by Crippen LogP contribution is 2.28. The third-order valence-electron chi connectivity index (χ3n) is 1.80. The van der Waals surface area contributed by atoms with Gasteiger partial charge in [-0.05, 0) is 35.1 Å². The lowest BCUT2D eigenvalue weighted by Gasteiger charge is -2.00. The first-order chi connectivity index (χ1) is 4.74. The molecule has 1 aliphatic rings. The van der Waals surface area contributed by atoms with Gasteiger partial charge in [-0.1, -0.05) is 19.9 Å². The highest BCUT2D eigenvalue weighted by Gasteiger charge is 2.07. The highest BCUT2D eigenvalue weighted by molar-refractivity contribution is 8.02. The number of allylic oxidation sites excluding steroid dienone is 4. The van der Waals surface area contributed by atoms with E-state index in [2.05, 4.69) is 32.3 Å². The second-order valence-corrected chi connectivity index (χ2v) is 3.81. The molecule has 0 N–H and O–H groups in total. The fraction of sp³-hybridized carbons (Fsp3) is 0.556. The summed E-state index contributed by atoms with van der Waals surface area (Å²) in [4.78, 5) is 1.50. The van der Waals surface area contributed by atoms with Crippen LogP contribution in [0.15, 0.2) is 22.6 Å². The molecule has 0 aliphatic heterocycles. The minimum atomic E-state index is 0.699. The van der Waals surface area contributed by atoms with Crippen LogP contribution >= 0.6 is 11.8 Å². The summed E-state index contributed by atoms with van der Waals surface area (Å²) in [5.41, 5.74) is 1.50. The van der Waals surface area contributed by atoms with Crippen molar-refractivity contribution in [2.45, 2.75) is 20.3 Å². The fourth-order valence-corrected chi connectivity index (χ4v) is 1.57. The van der Waals surface area contributed by atoms with Crippen molar-refractivity contribution >= 4 is 11.8 Å². The predicted molar refractivity (Wildman–Crippen MR) is 49.1 cm³/mol. The second kappa shape index (κ2) is 3.29. The van der Waals surface area contributed by atoms with E-state index < -0.39 is 0 Å². The molecule has 0 nitrogen and oxygen atoms in total. The summed E-state index contributed by atoms with van der Waals surface area (Å²) in [7, 11) is 0. The van der Waals surface area contributed by atoms with Crippen LogP contribution in [0.1, 0.15) is 20.3 Å². The van der Waals surface area contributed by atoms with Gasteiger partial charge in [0.1, 0.15) is 0 Å². The van der Waals surface area contributed by atoms with Crippen molar-refractivity contribution in [1.82, 2.24) is 0 Å². The van der Waals surface area contributed by atoms with E-state index >= 15 is 0 Å². The quantitative estimate of drug-likeness (QED) is 0.588. The van der Waals surface area contributed by atoms with Crippen LogP contribution < -0.4 is 0 Å². The first-order valence-corrected chi connectivity index (χ1v) is 4.91. The van der Waals surface area contributed by atoms with Crippen LogP contribution in [0.3, 0.4) is 0 Å². The molecule has 0 aromatic heterocycles. The van der Waals surface area contributed by atoms with Crippen LogP contribution in [0.4, 0.5) is 0 Å². The van der Waals surface area contributed by atoms with Gasteiger partial charge in [-0.3, -0.25) is 0 Å². The average Bonchev–Trinajstić information content (AvgIpc) is 2.34. The smallest absolute Gasteiger partial charge is 0.00314 e. The van der Waals surface area contributed by atoms with Gasteiger partial charge in [0.25, 0.3) is 0 Å². The van der Waals surface area contributed by atoms with Gasteiger partial charge in [0.15, 0.2) is 0 Å². The minimum absolute atomic E-state index is 0.699. The maximum atomic E-state index is 2.33. The Morgan fingerprint density at radius 3 is 2.50 bits per heavy atom. The monoisotopic (exact) mass is 154 g/mol. The van der Waals surface area contributed by atoms with Gasteiger partial charge in [-0.2, -0.15) is 0 Å². The maximum Gasteiger partial charge on any atom is -0.00314 e. The molecule has 0 aromatic rings. The first-order valence-electron chi connectivity index (χ1n) is 3.68. The van der Waals surface area contributed by atoms with Crippen molar-refractivity contribution in [3.8, 4) is 0 Å². The fourth-order valence-electron chi connectivity index (χ4n) is 1.07. The van der Waals surface area contributed by atoms with Crippen LogP contribution in [0.25, 0.3) is 0 Å². The normalized spacial score (nSPS) is 17.6. The number of hydrogen-bond donors (Lipinski definition) is 0. The zero-order valence-corrected chi connectivity index (χ0v) is 7.66. The van der Waals surface area contributed by atoms with E-state index in [1.54, 1.807) is 0 Å². The Balaban J connectivity index is 2.59. The Kier molecular flexibility index (Phi) is 2.61. The summed E-state index contributed by atoms with van der Waals surface area (Å²) < 4.78 is 0. The molecule has 10 heavy (non-hydrogen) atoms. The summed E-state index contributed by atoms with van der Waals surface area (Å²) in [6.07, 6.45) is 7.95. The van der Waals surface area contributed by atoms with Crippen molar-refractivity contribution in [2.24, 2.45) is 5.92 Å². The summed E-state index contributed by atoms with van der Waals surface area (Å²) in [6, 6.07) is 0. The molecule has 0 fully saturated rings. The summed E-state index contributed by atoms with van der Waals surface area (Å²) in [6.45, 7) is 4.48. The van der Waals surface area contributed by atoms with Crippen molar-refractivity contribution in [2.75, 3.05) is 6.26 Å². The molecule has 0 saturated heterocycles. The molecule has 0 saturated carbocycles. The summed E-state index contributed by atoms with van der Waals surface area (Å²) >= 11 is 1.86. The zero-order chi connectivity index (χ0) is 7.56. The molecule has 1 rings (SSSR count). The summed E-state index contributed by atoms with van der Waals surface area (Å²) in [5, 5.41) is 0. The van der Waals surface area contributed by atoms with Gasteiger partial charge in [0, 0.05) is 0 Å². The third kappa shape index (κ3) is 1.66. The first kappa shape index (κ1) is 7.93. The van der Waals surface area contributed by atoms with Gasteiger partial charge in [-0.25, -0.2) is 0 Å². The van der Waals surface area contributed by atoms with Crippen LogP contribution in [-0.2, 0) is 0 Å². The molecule has 0 spiro atoms. The van der Waals surface area contributed by atoms with Gasteiger partial charge in [0.05, 0.1) is 0 Å². The van der Waals surface area contributed by atoms with Crippen molar-refractivity contribution in [3.63, 3.8) is 0 Å². The van der Waals surface area contributed by atoms with Crippen LogP contribution in [0.5, 0.6) is 0 Å². The molecular formula is C9H14S. The van der Waals surface area contributed by atoms with E-state index in [0.29, 0.717) is 5.92 Å². The van der Waals surface area contributed by atoms with Crippen molar-refractivity contribution in [1.29, 1.82) is 0 Å². The van der Waals surface area contributed by atoms with Crippen LogP contribution in [-0.4, -0.2) is 6.26 Å². The van der Waals surface area contributed by atoms with Gasteiger partial charge < -0.3 is 0 Å². The molecule has 0 atom stereocenters. The number of hydrogen-bond acceptors (Lipinski definition) is 1. The molecular weight excluding hydrogens is 140 g/mol. The zero-order valence-electron chi connectivity index (χ0n) is 6.85. The van der Waals surface area contributed by atoms with E-state index in [9.17, 15) is 0 Å². The molecule has 1 aliphatic carbocycles. The average molecular weight is 154 g/mol. The van der Waals surface area contributed by atoms with E-state index in [-0.39, 0.29) is 0 Å². The lowest BCUT2D eigenvalue weighted by molar-refractivity contribution is 0.793. The number of thioether (sulfide) groups is 1. The SMILES string of the molecule is CSC1=CC(C(C)C)=CC1. The molecule has 56 valence electrons. The molecule has 0 unspecified atom stereocenters. The second-order valence-electron chi connectivity index (χ2n) is 2.88.